The minimum absolute atomic E-state index is 0.0788. The normalized spacial score (nSPS) is 32.7. The second-order valence-electron chi connectivity index (χ2n) is 6.57. The number of carbonyl (C=O) groups is 1. The van der Waals surface area contributed by atoms with E-state index in [-0.39, 0.29) is 28.4 Å². The molecule has 2 saturated heterocycles. The average molecular weight is 325 g/mol. The molecule has 3 heterocycles. The summed E-state index contributed by atoms with van der Waals surface area (Å²) in [4.78, 5) is 16.3. The zero-order chi connectivity index (χ0) is 14.7. The van der Waals surface area contributed by atoms with Gasteiger partial charge in [-0.3, -0.25) is 4.79 Å². The summed E-state index contributed by atoms with van der Waals surface area (Å²) in [5.74, 6) is 0.356. The average Bonchev–Trinajstić information content (AvgIpc) is 3.20. The molecule has 1 aliphatic carbocycles. The predicted molar refractivity (Wildman–Crippen MR) is 82.2 cm³/mol. The molecule has 2 atom stereocenters. The van der Waals surface area contributed by atoms with E-state index in [9.17, 15) is 13.2 Å². The molecule has 0 N–H and O–H groups in total. The number of sulfone groups is 1. The molecule has 4 rings (SSSR count). The predicted octanol–water partition coefficient (Wildman–Crippen LogP) is 1.96. The van der Waals surface area contributed by atoms with Gasteiger partial charge in [-0.05, 0) is 30.7 Å². The van der Waals surface area contributed by atoms with Crippen LogP contribution in [0.2, 0.25) is 0 Å². The monoisotopic (exact) mass is 325 g/mol. The van der Waals surface area contributed by atoms with Crippen LogP contribution in [-0.4, -0.2) is 42.8 Å². The number of amides is 1. The Balaban J connectivity index is 1.66. The highest BCUT2D eigenvalue weighted by Gasteiger charge is 2.55. The van der Waals surface area contributed by atoms with Gasteiger partial charge in [-0.15, -0.1) is 11.3 Å². The third-order valence-corrected chi connectivity index (χ3v) is 8.71. The first kappa shape index (κ1) is 13.8. The summed E-state index contributed by atoms with van der Waals surface area (Å²) in [6, 6.07) is 4.00. The summed E-state index contributed by atoms with van der Waals surface area (Å²) >= 11 is 1.66. The molecule has 3 aliphatic rings. The van der Waals surface area contributed by atoms with Gasteiger partial charge in [-0.2, -0.15) is 0 Å². The summed E-state index contributed by atoms with van der Waals surface area (Å²) in [5, 5.41) is 1.72. The van der Waals surface area contributed by atoms with E-state index in [1.807, 2.05) is 16.3 Å². The lowest BCUT2D eigenvalue weighted by molar-refractivity contribution is -0.137. The second-order valence-corrected chi connectivity index (χ2v) is 9.84. The Labute approximate surface area is 129 Å². The summed E-state index contributed by atoms with van der Waals surface area (Å²) in [7, 11) is -2.94. The van der Waals surface area contributed by atoms with Crippen molar-refractivity contribution in [2.24, 2.45) is 0 Å². The highest BCUT2D eigenvalue weighted by atomic mass is 32.2. The molecule has 4 nitrogen and oxygen atoms in total. The van der Waals surface area contributed by atoms with Crippen molar-refractivity contribution in [2.45, 2.75) is 48.8 Å². The molecular formula is C15H19NO3S2. The van der Waals surface area contributed by atoms with Crippen LogP contribution in [0.4, 0.5) is 0 Å². The number of hydrogen-bond acceptors (Lipinski definition) is 4. The van der Waals surface area contributed by atoms with E-state index < -0.39 is 9.84 Å². The molecule has 2 unspecified atom stereocenters. The third-order valence-electron chi connectivity index (χ3n) is 5.43. The lowest BCUT2D eigenvalue weighted by atomic mass is 9.82. The van der Waals surface area contributed by atoms with E-state index in [4.69, 9.17) is 0 Å². The van der Waals surface area contributed by atoms with Gasteiger partial charge in [0.2, 0.25) is 5.91 Å². The molecule has 3 fully saturated rings. The van der Waals surface area contributed by atoms with Crippen LogP contribution in [0, 0.1) is 0 Å². The van der Waals surface area contributed by atoms with Crippen molar-refractivity contribution >= 4 is 27.1 Å². The van der Waals surface area contributed by atoms with Gasteiger partial charge in [0.25, 0.3) is 0 Å². The molecule has 1 saturated carbocycles. The first-order chi connectivity index (χ1) is 10.0. The van der Waals surface area contributed by atoms with Gasteiger partial charge in [0, 0.05) is 17.5 Å². The Hall–Kier alpha value is -0.880. The molecule has 6 heteroatoms. The lowest BCUT2D eigenvalue weighted by Gasteiger charge is -2.36. The van der Waals surface area contributed by atoms with Crippen LogP contribution in [0.5, 0.6) is 0 Å². The lowest BCUT2D eigenvalue weighted by Crippen LogP contribution is -2.51. The van der Waals surface area contributed by atoms with Gasteiger partial charge in [-0.25, -0.2) is 8.42 Å². The van der Waals surface area contributed by atoms with Crippen LogP contribution >= 0.6 is 11.3 Å². The molecule has 0 spiro atoms. The SMILES string of the molecule is O=C(N1CC2CC1CS2(=O)=O)C1(c2cccs2)CCCC1. The third kappa shape index (κ3) is 1.91. The first-order valence-corrected chi connectivity index (χ1v) is 10.2. The molecule has 1 aromatic heterocycles. The molecule has 0 radical (unpaired) electrons. The van der Waals surface area contributed by atoms with Gasteiger partial charge >= 0.3 is 0 Å². The van der Waals surface area contributed by atoms with Crippen molar-refractivity contribution in [3.05, 3.63) is 22.4 Å². The minimum atomic E-state index is -2.94. The Bertz CT molecular complexity index is 659. The zero-order valence-electron chi connectivity index (χ0n) is 11.8. The molecule has 2 bridgehead atoms. The van der Waals surface area contributed by atoms with Gasteiger partial charge < -0.3 is 4.90 Å². The molecule has 114 valence electrons. The van der Waals surface area contributed by atoms with Crippen LogP contribution < -0.4 is 0 Å². The van der Waals surface area contributed by atoms with E-state index >= 15 is 0 Å². The zero-order valence-corrected chi connectivity index (χ0v) is 13.5. The Morgan fingerprint density at radius 1 is 1.33 bits per heavy atom. The van der Waals surface area contributed by atoms with Gasteiger partial charge in [0.05, 0.1) is 16.4 Å². The van der Waals surface area contributed by atoms with Crippen molar-refractivity contribution < 1.29 is 13.2 Å². The molecule has 2 aliphatic heterocycles. The van der Waals surface area contributed by atoms with Crippen LogP contribution in [0.1, 0.15) is 37.0 Å². The van der Waals surface area contributed by atoms with Crippen molar-refractivity contribution in [3.8, 4) is 0 Å². The summed E-state index contributed by atoms with van der Waals surface area (Å²) in [6.07, 6.45) is 4.64. The van der Waals surface area contributed by atoms with Crippen molar-refractivity contribution in [2.75, 3.05) is 12.3 Å². The number of fused-ring (bicyclic) bond motifs is 2. The van der Waals surface area contributed by atoms with Crippen LogP contribution in [0.15, 0.2) is 17.5 Å². The maximum Gasteiger partial charge on any atom is 0.234 e. The van der Waals surface area contributed by atoms with Gasteiger partial charge in [0.1, 0.15) is 0 Å². The Morgan fingerprint density at radius 3 is 2.62 bits per heavy atom. The van der Waals surface area contributed by atoms with Crippen LogP contribution in [0.25, 0.3) is 0 Å². The summed E-state index contributed by atoms with van der Waals surface area (Å²) in [5.41, 5.74) is -0.373. The number of hydrogen-bond donors (Lipinski definition) is 0. The number of thiophene rings is 1. The smallest absolute Gasteiger partial charge is 0.234 e. The molecule has 0 aromatic carbocycles. The summed E-state index contributed by atoms with van der Waals surface area (Å²) < 4.78 is 23.8. The maximum atomic E-state index is 13.2. The fourth-order valence-electron chi connectivity index (χ4n) is 4.31. The van der Waals surface area contributed by atoms with E-state index in [2.05, 4.69) is 6.07 Å². The standard InChI is InChI=1S/C15H19NO3S2/c17-14(16-9-12-8-11(16)10-21(12,18)19)15(5-1-2-6-15)13-4-3-7-20-13/h3-4,7,11-12H,1-2,5-6,8-10H2. The number of likely N-dealkylation sites (tertiary alicyclic amines) is 1. The molecule has 1 amide bonds. The van der Waals surface area contributed by atoms with E-state index in [1.54, 1.807) is 11.3 Å². The molecular weight excluding hydrogens is 306 g/mol. The fraction of sp³-hybridized carbons (Fsp3) is 0.667. The first-order valence-electron chi connectivity index (χ1n) is 7.60. The van der Waals surface area contributed by atoms with Crippen LogP contribution in [-0.2, 0) is 20.0 Å². The van der Waals surface area contributed by atoms with Crippen molar-refractivity contribution in [3.63, 3.8) is 0 Å². The maximum absolute atomic E-state index is 13.2. The molecule has 21 heavy (non-hydrogen) atoms. The van der Waals surface area contributed by atoms with E-state index in [1.165, 1.54) is 0 Å². The summed E-state index contributed by atoms with van der Waals surface area (Å²) in [6.45, 7) is 0.416. The Kier molecular flexibility index (Phi) is 2.99. The Morgan fingerprint density at radius 2 is 2.10 bits per heavy atom. The van der Waals surface area contributed by atoms with Gasteiger partial charge in [-0.1, -0.05) is 18.9 Å². The van der Waals surface area contributed by atoms with E-state index in [0.717, 1.165) is 30.6 Å². The van der Waals surface area contributed by atoms with Gasteiger partial charge in [0.15, 0.2) is 9.84 Å². The number of rotatable bonds is 2. The van der Waals surface area contributed by atoms with E-state index in [0.29, 0.717) is 13.0 Å². The highest BCUT2D eigenvalue weighted by molar-refractivity contribution is 7.92. The number of carbonyl (C=O) groups excluding carboxylic acids is 1. The second kappa shape index (κ2) is 4.56. The van der Waals surface area contributed by atoms with Crippen LogP contribution in [0.3, 0.4) is 0 Å². The van der Waals surface area contributed by atoms with Crippen molar-refractivity contribution in [1.82, 2.24) is 4.90 Å². The minimum Gasteiger partial charge on any atom is -0.337 e. The van der Waals surface area contributed by atoms with Crippen molar-refractivity contribution in [1.29, 1.82) is 0 Å². The largest absolute Gasteiger partial charge is 0.337 e. The molecule has 1 aromatic rings. The highest BCUT2D eigenvalue weighted by Crippen LogP contribution is 2.46. The fourth-order valence-corrected chi connectivity index (χ4v) is 7.32. The topological polar surface area (TPSA) is 54.5 Å². The number of nitrogens with zero attached hydrogens (tertiary/aromatic N) is 1. The quantitative estimate of drug-likeness (QED) is 0.835.